The zero-order chi connectivity index (χ0) is 15.5. The van der Waals surface area contributed by atoms with E-state index in [1.165, 1.54) is 6.07 Å². The monoisotopic (exact) mass is 304 g/mol. The third-order valence-electron chi connectivity index (χ3n) is 2.90. The predicted octanol–water partition coefficient (Wildman–Crippen LogP) is 1.24. The van der Waals surface area contributed by atoms with Crippen LogP contribution in [0.1, 0.15) is 13.8 Å². The van der Waals surface area contributed by atoms with Gasteiger partial charge in [-0.1, -0.05) is 13.8 Å². The summed E-state index contributed by atoms with van der Waals surface area (Å²) in [7, 11) is -3.96. The van der Waals surface area contributed by atoms with Crippen molar-refractivity contribution in [3.05, 3.63) is 24.0 Å². The third-order valence-corrected chi connectivity index (χ3v) is 3.81. The molecule has 0 heterocycles. The molecular weight excluding hydrogens is 287 g/mol. The minimum Gasteiger partial charge on any atom is -0.481 e. The molecule has 1 aromatic rings. The van der Waals surface area contributed by atoms with Crippen LogP contribution in [-0.2, 0) is 14.8 Å². The molecule has 1 atom stereocenters. The number of nitrogens with one attached hydrogen (secondary N) is 1. The summed E-state index contributed by atoms with van der Waals surface area (Å²) in [6.45, 7) is 3.54. The molecule has 20 heavy (non-hydrogen) atoms. The van der Waals surface area contributed by atoms with E-state index in [1.54, 1.807) is 13.8 Å². The van der Waals surface area contributed by atoms with Crippen LogP contribution >= 0.6 is 0 Å². The summed E-state index contributed by atoms with van der Waals surface area (Å²) in [5.41, 5.74) is 0.0318. The average molecular weight is 304 g/mol. The number of nitrogens with two attached hydrogens (primary N) is 1. The van der Waals surface area contributed by atoms with E-state index in [1.807, 2.05) is 0 Å². The molecule has 0 aliphatic heterocycles. The minimum absolute atomic E-state index is 0.0318. The van der Waals surface area contributed by atoms with E-state index in [0.717, 1.165) is 12.1 Å². The van der Waals surface area contributed by atoms with Gasteiger partial charge < -0.3 is 10.4 Å². The van der Waals surface area contributed by atoms with Crippen LogP contribution < -0.4 is 10.5 Å². The number of benzene rings is 1. The van der Waals surface area contributed by atoms with Crippen molar-refractivity contribution in [1.82, 2.24) is 0 Å². The molecule has 1 unspecified atom stereocenters. The molecule has 6 nitrogen and oxygen atoms in total. The van der Waals surface area contributed by atoms with Crippen molar-refractivity contribution in [2.24, 2.45) is 17.0 Å². The van der Waals surface area contributed by atoms with E-state index in [4.69, 9.17) is 10.2 Å². The second-order valence-electron chi connectivity index (χ2n) is 4.76. The van der Waals surface area contributed by atoms with Crippen molar-refractivity contribution in [2.45, 2.75) is 18.7 Å². The molecule has 8 heteroatoms. The number of hydrogen-bond acceptors (Lipinski definition) is 4. The lowest BCUT2D eigenvalue weighted by Gasteiger charge is -2.17. The molecule has 1 rings (SSSR count). The number of halogens is 1. The van der Waals surface area contributed by atoms with Crippen LogP contribution in [0.25, 0.3) is 0 Å². The Hall–Kier alpha value is -1.67. The van der Waals surface area contributed by atoms with Crippen LogP contribution in [0.4, 0.5) is 10.1 Å². The smallest absolute Gasteiger partial charge is 0.308 e. The maximum atomic E-state index is 13.7. The largest absolute Gasteiger partial charge is 0.481 e. The van der Waals surface area contributed by atoms with Gasteiger partial charge in [-0.3, -0.25) is 4.79 Å². The van der Waals surface area contributed by atoms with Gasteiger partial charge in [0.15, 0.2) is 0 Å². The van der Waals surface area contributed by atoms with Crippen LogP contribution in [0, 0.1) is 17.7 Å². The van der Waals surface area contributed by atoms with Crippen molar-refractivity contribution >= 4 is 21.7 Å². The Kier molecular flexibility index (Phi) is 5.07. The fraction of sp³-hybridized carbons (Fsp3) is 0.417. The van der Waals surface area contributed by atoms with Gasteiger partial charge >= 0.3 is 5.97 Å². The van der Waals surface area contributed by atoms with Crippen molar-refractivity contribution < 1.29 is 22.7 Å². The zero-order valence-electron chi connectivity index (χ0n) is 11.1. The van der Waals surface area contributed by atoms with Crippen LogP contribution in [0.2, 0.25) is 0 Å². The van der Waals surface area contributed by atoms with Crippen LogP contribution in [-0.4, -0.2) is 26.0 Å². The van der Waals surface area contributed by atoms with Gasteiger partial charge in [0, 0.05) is 6.54 Å². The normalized spacial score (nSPS) is 13.2. The fourth-order valence-electron chi connectivity index (χ4n) is 1.64. The van der Waals surface area contributed by atoms with Gasteiger partial charge in [0.2, 0.25) is 10.0 Å². The SMILES string of the molecule is CC(C)C(CNc1ccc(S(N)(=O)=O)cc1F)C(=O)O. The van der Waals surface area contributed by atoms with Crippen LogP contribution in [0.15, 0.2) is 23.1 Å². The summed E-state index contributed by atoms with van der Waals surface area (Å²) in [5, 5.41) is 16.6. The molecule has 0 amide bonds. The first-order chi connectivity index (χ1) is 9.12. The summed E-state index contributed by atoms with van der Waals surface area (Å²) >= 11 is 0. The lowest BCUT2D eigenvalue weighted by atomic mass is 9.96. The summed E-state index contributed by atoms with van der Waals surface area (Å²) in [6.07, 6.45) is 0. The number of aliphatic carboxylic acids is 1. The highest BCUT2D eigenvalue weighted by atomic mass is 32.2. The Morgan fingerprint density at radius 3 is 2.45 bits per heavy atom. The second-order valence-corrected chi connectivity index (χ2v) is 6.32. The molecule has 0 aliphatic rings. The lowest BCUT2D eigenvalue weighted by Crippen LogP contribution is -2.27. The number of carboxylic acid groups (broad SMARTS) is 1. The summed E-state index contributed by atoms with van der Waals surface area (Å²) in [4.78, 5) is 10.7. The van der Waals surface area contributed by atoms with E-state index in [2.05, 4.69) is 5.32 Å². The highest BCUT2D eigenvalue weighted by molar-refractivity contribution is 7.89. The molecule has 1 aromatic carbocycles. The summed E-state index contributed by atoms with van der Waals surface area (Å²) < 4.78 is 35.8. The van der Waals surface area contributed by atoms with Gasteiger partial charge in [0.25, 0.3) is 0 Å². The van der Waals surface area contributed by atoms with E-state index in [9.17, 15) is 17.6 Å². The molecule has 0 fully saturated rings. The average Bonchev–Trinajstić information content (AvgIpc) is 2.28. The van der Waals surface area contributed by atoms with Crippen molar-refractivity contribution in [3.63, 3.8) is 0 Å². The Labute approximate surface area is 116 Å². The number of rotatable bonds is 6. The molecular formula is C12H17FN2O4S. The van der Waals surface area contributed by atoms with Gasteiger partial charge in [-0.05, 0) is 24.1 Å². The molecule has 0 aliphatic carbocycles. The number of carbonyl (C=O) groups is 1. The van der Waals surface area contributed by atoms with E-state index < -0.39 is 27.7 Å². The van der Waals surface area contributed by atoms with Gasteiger partial charge in [-0.15, -0.1) is 0 Å². The summed E-state index contributed by atoms with van der Waals surface area (Å²) in [6, 6.07) is 3.17. The van der Waals surface area contributed by atoms with Gasteiger partial charge in [-0.25, -0.2) is 17.9 Å². The standard InChI is InChI=1S/C12H17FN2O4S/c1-7(2)9(12(16)17)6-15-11-4-3-8(5-10(11)13)20(14,18)19/h3-5,7,9,15H,6H2,1-2H3,(H,16,17)(H2,14,18,19). The summed E-state index contributed by atoms with van der Waals surface area (Å²) in [5.74, 6) is -2.57. The molecule has 0 aromatic heterocycles. The second kappa shape index (κ2) is 6.19. The third kappa shape index (κ3) is 4.17. The highest BCUT2D eigenvalue weighted by Gasteiger charge is 2.21. The topological polar surface area (TPSA) is 109 Å². The van der Waals surface area contributed by atoms with Crippen LogP contribution in [0.3, 0.4) is 0 Å². The molecule has 0 saturated heterocycles. The van der Waals surface area contributed by atoms with Gasteiger partial charge in [-0.2, -0.15) is 0 Å². The molecule has 0 spiro atoms. The van der Waals surface area contributed by atoms with E-state index in [0.29, 0.717) is 0 Å². The Balaban J connectivity index is 2.87. The van der Waals surface area contributed by atoms with Crippen molar-refractivity contribution in [3.8, 4) is 0 Å². The number of hydrogen-bond donors (Lipinski definition) is 3. The Morgan fingerprint density at radius 2 is 2.05 bits per heavy atom. The van der Waals surface area contributed by atoms with Crippen molar-refractivity contribution in [1.29, 1.82) is 0 Å². The predicted molar refractivity (Wildman–Crippen MR) is 72.2 cm³/mol. The molecule has 0 bridgehead atoms. The fourth-order valence-corrected chi connectivity index (χ4v) is 2.17. The highest BCUT2D eigenvalue weighted by Crippen LogP contribution is 2.20. The first kappa shape index (κ1) is 16.4. The Morgan fingerprint density at radius 1 is 1.45 bits per heavy atom. The zero-order valence-corrected chi connectivity index (χ0v) is 11.9. The van der Waals surface area contributed by atoms with Crippen LogP contribution in [0.5, 0.6) is 0 Å². The number of sulfonamides is 1. The quantitative estimate of drug-likeness (QED) is 0.732. The molecule has 0 radical (unpaired) electrons. The maximum absolute atomic E-state index is 13.7. The number of primary sulfonamides is 1. The number of carboxylic acids is 1. The lowest BCUT2D eigenvalue weighted by molar-refractivity contribution is -0.142. The van der Waals surface area contributed by atoms with Gasteiger partial charge in [0.05, 0.1) is 16.5 Å². The maximum Gasteiger partial charge on any atom is 0.308 e. The first-order valence-electron chi connectivity index (χ1n) is 5.92. The van der Waals surface area contributed by atoms with E-state index >= 15 is 0 Å². The molecule has 4 N–H and O–H groups in total. The van der Waals surface area contributed by atoms with Crippen molar-refractivity contribution in [2.75, 3.05) is 11.9 Å². The molecule has 0 saturated carbocycles. The Bertz CT molecular complexity index is 601. The minimum atomic E-state index is -3.96. The van der Waals surface area contributed by atoms with E-state index in [-0.39, 0.29) is 23.0 Å². The molecule has 112 valence electrons. The number of anilines is 1. The first-order valence-corrected chi connectivity index (χ1v) is 7.46. The van der Waals surface area contributed by atoms with Gasteiger partial charge in [0.1, 0.15) is 5.82 Å².